The Morgan fingerprint density at radius 3 is 2.17 bits per heavy atom. The highest BCUT2D eigenvalue weighted by Crippen LogP contribution is 2.27. The number of H-pyrrole nitrogens is 1. The number of hydrogen-bond donors (Lipinski definition) is 2. The van der Waals surface area contributed by atoms with E-state index in [9.17, 15) is 9.59 Å². The van der Waals surface area contributed by atoms with Crippen LogP contribution in [0.1, 0.15) is 74.7 Å². The number of fused-ring (bicyclic) bond motifs is 2. The molecular formula is C41H46FN7O3. The number of carbonyl (C=O) groups excluding carboxylic acids is 1. The van der Waals surface area contributed by atoms with Gasteiger partial charge in [-0.2, -0.15) is 0 Å². The molecule has 0 atom stereocenters. The van der Waals surface area contributed by atoms with Crippen LogP contribution in [0.3, 0.4) is 0 Å². The molecule has 1 aliphatic carbocycles. The standard InChI is InChI=1S/C28H29FN4O3.C13H17N3/c1-28(2,17-8-9-25(30-16-17)33(3)18-10-12-36-13-11-18)32-27(35)20-15-24-21(14-22(20)29)26(34)19-6-4-5-7-23(19)31-24;1-14-11-8-9-13(15-10-11)16(2)12-6-4-3-5-7-12/h4-9,14-16,18H,10-13H2,1-3H3,(H,31,34)(H,32,35);8-10,12H,3-7H2,2H3. The fourth-order valence-corrected chi connectivity index (χ4v) is 7.07. The summed E-state index contributed by atoms with van der Waals surface area (Å²) in [6.45, 7) is 12.1. The summed E-state index contributed by atoms with van der Waals surface area (Å²) in [5.74, 6) is 0.517. The molecule has 0 radical (unpaired) electrons. The second kappa shape index (κ2) is 15.9. The lowest BCUT2D eigenvalue weighted by molar-refractivity contribution is 0.0853. The summed E-state index contributed by atoms with van der Waals surface area (Å²) in [7, 11) is 4.14. The molecule has 7 rings (SSSR count). The van der Waals surface area contributed by atoms with E-state index in [2.05, 4.69) is 42.0 Å². The smallest absolute Gasteiger partial charge is 0.255 e. The maximum Gasteiger partial charge on any atom is 0.255 e. The zero-order valence-electron chi connectivity index (χ0n) is 30.3. The largest absolute Gasteiger partial charge is 0.381 e. The number of nitrogens with zero attached hydrogens (tertiary/aromatic N) is 5. The lowest BCUT2D eigenvalue weighted by Crippen LogP contribution is -2.41. The van der Waals surface area contributed by atoms with Gasteiger partial charge in [-0.1, -0.05) is 43.5 Å². The molecule has 2 N–H and O–H groups in total. The molecule has 1 saturated carbocycles. The monoisotopic (exact) mass is 703 g/mol. The number of aromatic amines is 1. The van der Waals surface area contributed by atoms with E-state index in [-0.39, 0.29) is 16.4 Å². The van der Waals surface area contributed by atoms with Gasteiger partial charge in [0.25, 0.3) is 5.91 Å². The highest BCUT2D eigenvalue weighted by atomic mass is 19.1. The topological polar surface area (TPSA) is 108 Å². The number of pyridine rings is 3. The maximum absolute atomic E-state index is 15.0. The zero-order valence-corrected chi connectivity index (χ0v) is 30.3. The molecule has 11 heteroatoms. The molecule has 0 unspecified atom stereocenters. The maximum atomic E-state index is 15.0. The van der Waals surface area contributed by atoms with Crippen molar-refractivity contribution in [2.75, 3.05) is 37.1 Å². The summed E-state index contributed by atoms with van der Waals surface area (Å²) in [4.78, 5) is 45.8. The van der Waals surface area contributed by atoms with Gasteiger partial charge < -0.3 is 24.8 Å². The fourth-order valence-electron chi connectivity index (χ4n) is 7.07. The molecule has 2 aliphatic rings. The van der Waals surface area contributed by atoms with E-state index < -0.39 is 17.3 Å². The number of nitrogens with one attached hydrogen (secondary N) is 2. The van der Waals surface area contributed by atoms with Crippen LogP contribution in [-0.4, -0.2) is 60.3 Å². The lowest BCUT2D eigenvalue weighted by Gasteiger charge is -2.32. The Morgan fingerprint density at radius 1 is 0.885 bits per heavy atom. The summed E-state index contributed by atoms with van der Waals surface area (Å²) in [5.41, 5.74) is 1.22. The lowest BCUT2D eigenvalue weighted by atomic mass is 9.94. The van der Waals surface area contributed by atoms with Crippen molar-refractivity contribution >= 4 is 45.0 Å². The molecule has 3 aromatic heterocycles. The predicted molar refractivity (Wildman–Crippen MR) is 205 cm³/mol. The fraction of sp³-hybridized carbons (Fsp3) is 0.390. The normalized spacial score (nSPS) is 15.4. The van der Waals surface area contributed by atoms with Gasteiger partial charge in [0.15, 0.2) is 5.43 Å². The minimum atomic E-state index is -0.807. The minimum Gasteiger partial charge on any atom is -0.381 e. The van der Waals surface area contributed by atoms with Crippen LogP contribution in [0.5, 0.6) is 0 Å². The van der Waals surface area contributed by atoms with Crippen LogP contribution >= 0.6 is 0 Å². The molecule has 1 saturated heterocycles. The number of para-hydroxylation sites is 1. The molecule has 0 bridgehead atoms. The second-order valence-corrected chi connectivity index (χ2v) is 14.2. The van der Waals surface area contributed by atoms with Gasteiger partial charge in [0.1, 0.15) is 17.5 Å². The minimum absolute atomic E-state index is 0.134. The van der Waals surface area contributed by atoms with Crippen molar-refractivity contribution in [2.45, 2.75) is 76.4 Å². The summed E-state index contributed by atoms with van der Waals surface area (Å²) < 4.78 is 20.5. The van der Waals surface area contributed by atoms with Crippen LogP contribution in [0.15, 0.2) is 77.9 Å². The number of carbonyl (C=O) groups is 1. The van der Waals surface area contributed by atoms with Crippen molar-refractivity contribution in [1.29, 1.82) is 0 Å². The third-order valence-corrected chi connectivity index (χ3v) is 10.4. The van der Waals surface area contributed by atoms with Crippen molar-refractivity contribution in [1.82, 2.24) is 20.3 Å². The molecule has 270 valence electrons. The third kappa shape index (κ3) is 8.08. The Kier molecular flexibility index (Phi) is 11.2. The highest BCUT2D eigenvalue weighted by molar-refractivity contribution is 6.00. The van der Waals surface area contributed by atoms with E-state index in [1.54, 1.807) is 30.6 Å². The molecule has 1 aliphatic heterocycles. The van der Waals surface area contributed by atoms with E-state index in [1.807, 2.05) is 51.2 Å². The van der Waals surface area contributed by atoms with Crippen molar-refractivity contribution in [3.63, 3.8) is 0 Å². The van der Waals surface area contributed by atoms with Gasteiger partial charge in [-0.15, -0.1) is 0 Å². The number of ether oxygens (including phenoxy) is 1. The van der Waals surface area contributed by atoms with Crippen molar-refractivity contribution in [3.05, 3.63) is 112 Å². The first kappa shape index (κ1) is 36.5. The molecule has 2 fully saturated rings. The molecule has 4 heterocycles. The van der Waals surface area contributed by atoms with Gasteiger partial charge >= 0.3 is 0 Å². The highest BCUT2D eigenvalue weighted by Gasteiger charge is 2.27. The van der Waals surface area contributed by atoms with Crippen LogP contribution in [0.25, 0.3) is 26.7 Å². The van der Waals surface area contributed by atoms with Crippen LogP contribution in [0.2, 0.25) is 0 Å². The van der Waals surface area contributed by atoms with E-state index in [1.165, 1.54) is 38.2 Å². The molecule has 2 aromatic carbocycles. The van der Waals surface area contributed by atoms with Gasteiger partial charge in [-0.25, -0.2) is 14.2 Å². The summed E-state index contributed by atoms with van der Waals surface area (Å²) in [5, 5.41) is 3.59. The van der Waals surface area contributed by atoms with Crippen molar-refractivity contribution in [2.24, 2.45) is 0 Å². The van der Waals surface area contributed by atoms with Gasteiger partial charge in [-0.05, 0) is 81.5 Å². The van der Waals surface area contributed by atoms with Crippen molar-refractivity contribution < 1.29 is 13.9 Å². The predicted octanol–water partition coefficient (Wildman–Crippen LogP) is 7.90. The number of aromatic nitrogens is 3. The number of halogens is 1. The van der Waals surface area contributed by atoms with Gasteiger partial charge in [0.05, 0.1) is 23.2 Å². The van der Waals surface area contributed by atoms with E-state index in [0.29, 0.717) is 34.2 Å². The number of anilines is 2. The Morgan fingerprint density at radius 2 is 1.54 bits per heavy atom. The average molecular weight is 704 g/mol. The average Bonchev–Trinajstić information content (AvgIpc) is 3.18. The first-order valence-electron chi connectivity index (χ1n) is 18.0. The molecular weight excluding hydrogens is 657 g/mol. The first-order chi connectivity index (χ1) is 25.1. The summed E-state index contributed by atoms with van der Waals surface area (Å²) in [6, 6.07) is 18.2. The number of hydrogen-bond acceptors (Lipinski definition) is 7. The van der Waals surface area contributed by atoms with E-state index in [4.69, 9.17) is 11.3 Å². The molecule has 52 heavy (non-hydrogen) atoms. The van der Waals surface area contributed by atoms with Crippen molar-refractivity contribution in [3.8, 4) is 0 Å². The molecule has 0 spiro atoms. The van der Waals surface area contributed by atoms with Crippen LogP contribution < -0.4 is 20.5 Å². The Bertz CT molecular complexity index is 2110. The van der Waals surface area contributed by atoms with E-state index in [0.717, 1.165) is 49.3 Å². The number of benzene rings is 2. The van der Waals surface area contributed by atoms with Gasteiger partial charge in [0, 0.05) is 68.1 Å². The Hall–Kier alpha value is -5.34. The molecule has 10 nitrogen and oxygen atoms in total. The second-order valence-electron chi connectivity index (χ2n) is 14.2. The molecule has 1 amide bonds. The van der Waals surface area contributed by atoms with Crippen LogP contribution in [-0.2, 0) is 10.3 Å². The van der Waals surface area contributed by atoms with Crippen LogP contribution in [0.4, 0.5) is 21.7 Å². The quantitative estimate of drug-likeness (QED) is 0.131. The van der Waals surface area contributed by atoms with Gasteiger partial charge in [0.2, 0.25) is 5.69 Å². The SMILES string of the molecule is CN(c1ccc(C(C)(C)NC(=O)c2cc3[nH]c4ccccc4c(=O)c3cc2F)cn1)C1CCOCC1.[C-]#[N+]c1ccc(N(C)C2CCCCC2)nc1. The van der Waals surface area contributed by atoms with E-state index >= 15 is 4.39 Å². The third-order valence-electron chi connectivity index (χ3n) is 10.4. The zero-order chi connectivity index (χ0) is 36.8. The number of rotatable bonds is 7. The Labute approximate surface area is 303 Å². The Balaban J connectivity index is 0.000000242. The van der Waals surface area contributed by atoms with Gasteiger partial charge in [-0.3, -0.25) is 14.6 Å². The van der Waals surface area contributed by atoms with Crippen LogP contribution in [0, 0.1) is 12.4 Å². The molecule has 5 aromatic rings. The summed E-state index contributed by atoms with van der Waals surface area (Å²) >= 11 is 0. The summed E-state index contributed by atoms with van der Waals surface area (Å²) in [6.07, 6.45) is 11.9. The first-order valence-corrected chi connectivity index (χ1v) is 18.0. The number of amides is 1.